The van der Waals surface area contributed by atoms with Crippen LogP contribution in [0.4, 0.5) is 15.1 Å². The summed E-state index contributed by atoms with van der Waals surface area (Å²) >= 11 is 6.95. The van der Waals surface area contributed by atoms with E-state index < -0.39 is 27.7 Å². The summed E-state index contributed by atoms with van der Waals surface area (Å²) in [4.78, 5) is 25.6. The Balaban J connectivity index is 1.83. The third kappa shape index (κ3) is 4.99. The van der Waals surface area contributed by atoms with Gasteiger partial charge < -0.3 is 10.6 Å². The first kappa shape index (κ1) is 23.9. The maximum absolute atomic E-state index is 13.2. The second kappa shape index (κ2) is 9.37. The van der Waals surface area contributed by atoms with Crippen LogP contribution in [-0.2, 0) is 10.0 Å². The molecular weight excluding hydrogens is 477 g/mol. The highest BCUT2D eigenvalue weighted by molar-refractivity contribution is 7.89. The van der Waals surface area contributed by atoms with Gasteiger partial charge in [0, 0.05) is 14.1 Å². The third-order valence-corrected chi connectivity index (χ3v) is 7.77. The summed E-state index contributed by atoms with van der Waals surface area (Å²) < 4.78 is 39.4. The van der Waals surface area contributed by atoms with Crippen LogP contribution in [-0.4, -0.2) is 38.6 Å². The quantitative estimate of drug-likeness (QED) is 0.522. The molecule has 0 radical (unpaired) electrons. The molecule has 0 fully saturated rings. The summed E-state index contributed by atoms with van der Waals surface area (Å²) in [7, 11) is -0.963. The zero-order valence-corrected chi connectivity index (χ0v) is 19.7. The first-order valence-corrected chi connectivity index (χ1v) is 11.8. The summed E-state index contributed by atoms with van der Waals surface area (Å²) in [6.07, 6.45) is 0. The number of amides is 2. The van der Waals surface area contributed by atoms with Gasteiger partial charge in [0.15, 0.2) is 0 Å². The number of para-hydroxylation sites is 1. The van der Waals surface area contributed by atoms with Crippen molar-refractivity contribution in [3.8, 4) is 0 Å². The fourth-order valence-corrected chi connectivity index (χ4v) is 5.05. The van der Waals surface area contributed by atoms with Crippen LogP contribution < -0.4 is 10.6 Å². The molecule has 0 saturated heterocycles. The second-order valence-electron chi connectivity index (χ2n) is 6.94. The minimum Gasteiger partial charge on any atom is -0.320 e. The highest BCUT2D eigenvalue weighted by atomic mass is 35.5. The Kier molecular flexibility index (Phi) is 6.99. The summed E-state index contributed by atoms with van der Waals surface area (Å²) in [6, 6.07) is 11.1. The molecule has 11 heteroatoms. The van der Waals surface area contributed by atoms with Gasteiger partial charge >= 0.3 is 0 Å². The molecule has 0 bridgehead atoms. The van der Waals surface area contributed by atoms with Crippen molar-refractivity contribution in [2.24, 2.45) is 0 Å². The number of benzene rings is 2. The first-order chi connectivity index (χ1) is 15.0. The van der Waals surface area contributed by atoms with Crippen molar-refractivity contribution in [3.05, 3.63) is 75.4 Å². The highest BCUT2D eigenvalue weighted by Crippen LogP contribution is 2.30. The molecule has 168 valence electrons. The largest absolute Gasteiger partial charge is 0.320 e. The average molecular weight is 496 g/mol. The molecule has 0 atom stereocenters. The number of rotatable bonds is 6. The Morgan fingerprint density at radius 1 is 1.03 bits per heavy atom. The Hall–Kier alpha value is -2.79. The van der Waals surface area contributed by atoms with Crippen molar-refractivity contribution in [1.82, 2.24) is 4.31 Å². The molecule has 2 amide bonds. The molecule has 0 aliphatic heterocycles. The number of thiophene rings is 1. The van der Waals surface area contributed by atoms with Crippen molar-refractivity contribution >= 4 is 55.5 Å². The van der Waals surface area contributed by atoms with Gasteiger partial charge in [-0.15, -0.1) is 11.3 Å². The zero-order chi connectivity index (χ0) is 23.6. The van der Waals surface area contributed by atoms with Crippen molar-refractivity contribution in [2.75, 3.05) is 24.7 Å². The smallest absolute Gasteiger partial charge is 0.266 e. The maximum atomic E-state index is 13.2. The Bertz CT molecular complexity index is 1310. The minimum atomic E-state index is -3.77. The summed E-state index contributed by atoms with van der Waals surface area (Å²) in [5.41, 5.74) is 0.816. The van der Waals surface area contributed by atoms with E-state index in [0.717, 1.165) is 27.8 Å². The van der Waals surface area contributed by atoms with Crippen molar-refractivity contribution < 1.29 is 22.4 Å². The predicted molar refractivity (Wildman–Crippen MR) is 124 cm³/mol. The van der Waals surface area contributed by atoms with E-state index in [1.165, 1.54) is 32.3 Å². The molecule has 0 unspecified atom stereocenters. The van der Waals surface area contributed by atoms with Gasteiger partial charge in [-0.3, -0.25) is 9.59 Å². The molecule has 32 heavy (non-hydrogen) atoms. The monoisotopic (exact) mass is 495 g/mol. The van der Waals surface area contributed by atoms with Crippen LogP contribution >= 0.6 is 22.9 Å². The Morgan fingerprint density at radius 2 is 1.72 bits per heavy atom. The van der Waals surface area contributed by atoms with Gasteiger partial charge in [0.2, 0.25) is 10.0 Å². The average Bonchev–Trinajstić information content (AvgIpc) is 3.08. The second-order valence-corrected chi connectivity index (χ2v) is 10.5. The number of nitrogens with zero attached hydrogens (tertiary/aromatic N) is 1. The Labute approximate surface area is 193 Å². The predicted octanol–water partition coefficient (Wildman–Crippen LogP) is 4.60. The molecule has 3 rings (SSSR count). The van der Waals surface area contributed by atoms with Crippen molar-refractivity contribution in [3.63, 3.8) is 0 Å². The number of aryl methyl sites for hydroxylation is 1. The van der Waals surface area contributed by atoms with Gasteiger partial charge in [0.25, 0.3) is 11.8 Å². The van der Waals surface area contributed by atoms with E-state index in [4.69, 9.17) is 11.6 Å². The summed E-state index contributed by atoms with van der Waals surface area (Å²) in [6.45, 7) is 1.69. The lowest BCUT2D eigenvalue weighted by molar-refractivity contribution is 0.102. The van der Waals surface area contributed by atoms with Crippen LogP contribution in [0.2, 0.25) is 5.02 Å². The molecule has 2 aromatic carbocycles. The normalized spacial score (nSPS) is 11.4. The maximum Gasteiger partial charge on any atom is 0.266 e. The summed E-state index contributed by atoms with van der Waals surface area (Å²) in [5, 5.41) is 5.62. The van der Waals surface area contributed by atoms with Crippen LogP contribution in [0.5, 0.6) is 0 Å². The van der Waals surface area contributed by atoms with Gasteiger partial charge in [-0.05, 0) is 48.9 Å². The van der Waals surface area contributed by atoms with Crippen molar-refractivity contribution in [2.45, 2.75) is 11.8 Å². The molecule has 1 heterocycles. The molecule has 2 N–H and O–H groups in total. The van der Waals surface area contributed by atoms with Gasteiger partial charge in [0.1, 0.15) is 10.7 Å². The fraction of sp³-hybridized carbons (Fsp3) is 0.143. The molecule has 0 aliphatic rings. The lowest BCUT2D eigenvalue weighted by Gasteiger charge is -2.15. The van der Waals surface area contributed by atoms with Crippen LogP contribution in [0, 0.1) is 12.7 Å². The van der Waals surface area contributed by atoms with Crippen LogP contribution in [0.1, 0.15) is 25.6 Å². The molecule has 0 aliphatic carbocycles. The molecular formula is C21H19ClFN3O4S2. The van der Waals surface area contributed by atoms with E-state index in [1.54, 1.807) is 25.1 Å². The van der Waals surface area contributed by atoms with E-state index >= 15 is 0 Å². The SMILES string of the molecule is Cc1cc(NC(=O)c2ccc(F)cc2Cl)sc1C(=O)Nc1ccccc1S(=O)(=O)N(C)C. The lowest BCUT2D eigenvalue weighted by atomic mass is 10.2. The van der Waals surface area contributed by atoms with E-state index in [2.05, 4.69) is 10.6 Å². The highest BCUT2D eigenvalue weighted by Gasteiger charge is 2.23. The third-order valence-electron chi connectivity index (χ3n) is 4.43. The van der Waals surface area contributed by atoms with Crippen molar-refractivity contribution in [1.29, 1.82) is 0 Å². The number of halogens is 2. The van der Waals surface area contributed by atoms with Gasteiger partial charge in [-0.25, -0.2) is 17.1 Å². The first-order valence-electron chi connectivity index (χ1n) is 9.20. The number of sulfonamides is 1. The molecule has 7 nitrogen and oxygen atoms in total. The van der Waals surface area contributed by atoms with Crippen LogP contribution in [0.25, 0.3) is 0 Å². The topological polar surface area (TPSA) is 95.6 Å². The lowest BCUT2D eigenvalue weighted by Crippen LogP contribution is -2.24. The number of hydrogen-bond donors (Lipinski definition) is 2. The standard InChI is InChI=1S/C21H19ClFN3O4S2/c1-12-10-18(25-20(27)14-9-8-13(23)11-15(14)22)31-19(12)21(28)24-16-6-4-5-7-17(16)32(29,30)26(2)3/h4-11H,1-3H3,(H,24,28)(H,25,27). The number of anilines is 2. The van der Waals surface area contributed by atoms with Gasteiger partial charge in [-0.2, -0.15) is 0 Å². The molecule has 3 aromatic rings. The van der Waals surface area contributed by atoms with E-state index in [0.29, 0.717) is 15.4 Å². The zero-order valence-electron chi connectivity index (χ0n) is 17.3. The number of hydrogen-bond acceptors (Lipinski definition) is 5. The number of nitrogens with one attached hydrogen (secondary N) is 2. The van der Waals surface area contributed by atoms with E-state index in [-0.39, 0.29) is 21.2 Å². The summed E-state index contributed by atoms with van der Waals surface area (Å²) in [5.74, 6) is -1.63. The Morgan fingerprint density at radius 3 is 2.38 bits per heavy atom. The van der Waals surface area contributed by atoms with Crippen LogP contribution in [0.3, 0.4) is 0 Å². The molecule has 1 aromatic heterocycles. The number of carbonyl (C=O) groups excluding carboxylic acids is 2. The van der Waals surface area contributed by atoms with Crippen LogP contribution in [0.15, 0.2) is 53.4 Å². The molecule has 0 saturated carbocycles. The van der Waals surface area contributed by atoms with Gasteiger partial charge in [-0.1, -0.05) is 23.7 Å². The molecule has 0 spiro atoms. The van der Waals surface area contributed by atoms with E-state index in [9.17, 15) is 22.4 Å². The van der Waals surface area contributed by atoms with E-state index in [1.807, 2.05) is 0 Å². The number of carbonyl (C=O) groups is 2. The fourth-order valence-electron chi connectivity index (χ4n) is 2.79. The minimum absolute atomic E-state index is 0.0348. The van der Waals surface area contributed by atoms with Gasteiger partial charge in [0.05, 0.1) is 26.2 Å².